The first-order chi connectivity index (χ1) is 16.5. The van der Waals surface area contributed by atoms with Crippen LogP contribution in [0, 0.1) is 5.82 Å². The molecule has 0 amide bonds. The smallest absolute Gasteiger partial charge is 0.140 e. The molecule has 3 nitrogen and oxygen atoms in total. The lowest BCUT2D eigenvalue weighted by molar-refractivity contribution is 0.241. The van der Waals surface area contributed by atoms with Crippen LogP contribution in [-0.2, 0) is 26.2 Å². The highest BCUT2D eigenvalue weighted by Gasteiger charge is 2.17. The predicted molar refractivity (Wildman–Crippen MR) is 138 cm³/mol. The van der Waals surface area contributed by atoms with Crippen LogP contribution in [0.4, 0.5) is 4.39 Å². The Balaban J connectivity index is 1.67. The molecule has 4 rings (SSSR count). The normalized spacial score (nSPS) is 11.3. The molecule has 1 heterocycles. The summed E-state index contributed by atoms with van der Waals surface area (Å²) in [7, 11) is 0. The quantitative estimate of drug-likeness (QED) is 0.222. The molecule has 0 atom stereocenters. The molecule has 0 spiro atoms. The molecule has 0 N–H and O–H groups in total. The van der Waals surface area contributed by atoms with Crippen LogP contribution in [0.15, 0.2) is 79.0 Å². The maximum absolute atomic E-state index is 13.9. The van der Waals surface area contributed by atoms with E-state index in [9.17, 15) is 4.39 Å². The second-order valence-corrected chi connectivity index (χ2v) is 9.22. The summed E-state index contributed by atoms with van der Waals surface area (Å²) in [5.41, 5.74) is 4.07. The summed E-state index contributed by atoms with van der Waals surface area (Å²) < 4.78 is 16.2. The van der Waals surface area contributed by atoms with Gasteiger partial charge in [0.25, 0.3) is 0 Å². The fourth-order valence-corrected chi connectivity index (χ4v) is 4.49. The number of imidazole rings is 1. The molecule has 3 aromatic carbocycles. The Bertz CT molecular complexity index is 1220. The third-order valence-corrected chi connectivity index (χ3v) is 6.67. The Morgan fingerprint density at radius 3 is 2.47 bits per heavy atom. The SMILES string of the molecule is CCCCn1c(CN(Cc2ccccc2)Cc2cccc(Cl)c2Cl)cnc1-c1cccc(F)c1. The molecule has 0 radical (unpaired) electrons. The Kier molecular flexibility index (Phi) is 8.39. The summed E-state index contributed by atoms with van der Waals surface area (Å²) in [4.78, 5) is 7.04. The van der Waals surface area contributed by atoms with Gasteiger partial charge in [0, 0.05) is 31.7 Å². The average molecular weight is 496 g/mol. The minimum Gasteiger partial charge on any atom is -0.327 e. The van der Waals surface area contributed by atoms with Gasteiger partial charge in [0.1, 0.15) is 11.6 Å². The molecule has 0 fully saturated rings. The average Bonchev–Trinajstić information content (AvgIpc) is 3.23. The topological polar surface area (TPSA) is 21.1 Å². The third-order valence-electron chi connectivity index (χ3n) is 5.82. The molecule has 34 heavy (non-hydrogen) atoms. The number of benzene rings is 3. The first kappa shape index (κ1) is 24.5. The first-order valence-electron chi connectivity index (χ1n) is 11.5. The van der Waals surface area contributed by atoms with E-state index in [-0.39, 0.29) is 5.82 Å². The van der Waals surface area contributed by atoms with Crippen molar-refractivity contribution in [3.63, 3.8) is 0 Å². The van der Waals surface area contributed by atoms with E-state index < -0.39 is 0 Å². The van der Waals surface area contributed by atoms with Gasteiger partial charge in [-0.15, -0.1) is 0 Å². The molecule has 0 aliphatic heterocycles. The van der Waals surface area contributed by atoms with Crippen molar-refractivity contribution in [2.75, 3.05) is 0 Å². The molecule has 0 saturated heterocycles. The van der Waals surface area contributed by atoms with Crippen molar-refractivity contribution < 1.29 is 4.39 Å². The predicted octanol–water partition coefficient (Wildman–Crippen LogP) is 8.00. The largest absolute Gasteiger partial charge is 0.327 e. The van der Waals surface area contributed by atoms with Gasteiger partial charge in [0.15, 0.2) is 0 Å². The van der Waals surface area contributed by atoms with Crippen LogP contribution in [0.25, 0.3) is 11.4 Å². The fourth-order valence-electron chi connectivity index (χ4n) is 4.11. The molecule has 176 valence electrons. The zero-order valence-electron chi connectivity index (χ0n) is 19.2. The minimum absolute atomic E-state index is 0.259. The Morgan fingerprint density at radius 1 is 0.912 bits per heavy atom. The number of halogens is 3. The lowest BCUT2D eigenvalue weighted by Gasteiger charge is -2.24. The number of aromatic nitrogens is 2. The fraction of sp³-hybridized carbons (Fsp3) is 0.250. The molecule has 0 aliphatic rings. The Hall–Kier alpha value is -2.66. The van der Waals surface area contributed by atoms with E-state index in [1.807, 2.05) is 42.6 Å². The lowest BCUT2D eigenvalue weighted by atomic mass is 10.1. The maximum Gasteiger partial charge on any atom is 0.140 e. The first-order valence-corrected chi connectivity index (χ1v) is 12.3. The van der Waals surface area contributed by atoms with Gasteiger partial charge in [-0.05, 0) is 35.7 Å². The summed E-state index contributed by atoms with van der Waals surface area (Å²) in [5.74, 6) is 0.536. The van der Waals surface area contributed by atoms with Crippen molar-refractivity contribution in [1.29, 1.82) is 0 Å². The van der Waals surface area contributed by atoms with Crippen LogP contribution in [0.1, 0.15) is 36.6 Å². The second kappa shape index (κ2) is 11.7. The molecule has 0 aliphatic carbocycles. The van der Waals surface area contributed by atoms with E-state index in [4.69, 9.17) is 28.2 Å². The van der Waals surface area contributed by atoms with E-state index in [0.29, 0.717) is 23.1 Å². The zero-order valence-corrected chi connectivity index (χ0v) is 20.7. The van der Waals surface area contributed by atoms with Crippen molar-refractivity contribution in [2.45, 2.75) is 45.9 Å². The van der Waals surface area contributed by atoms with Crippen LogP contribution in [0.5, 0.6) is 0 Å². The van der Waals surface area contributed by atoms with Crippen LogP contribution in [-0.4, -0.2) is 14.5 Å². The monoisotopic (exact) mass is 495 g/mol. The van der Waals surface area contributed by atoms with E-state index in [1.165, 1.54) is 11.6 Å². The summed E-state index contributed by atoms with van der Waals surface area (Å²) in [6.45, 7) is 5.06. The van der Waals surface area contributed by atoms with E-state index >= 15 is 0 Å². The number of hydrogen-bond donors (Lipinski definition) is 0. The molecule has 0 bridgehead atoms. The minimum atomic E-state index is -0.259. The van der Waals surface area contributed by atoms with Gasteiger partial charge in [-0.25, -0.2) is 9.37 Å². The molecule has 6 heteroatoms. The molecular formula is C28H28Cl2FN3. The maximum atomic E-state index is 13.9. The van der Waals surface area contributed by atoms with Crippen LogP contribution in [0.2, 0.25) is 10.0 Å². The van der Waals surface area contributed by atoms with Gasteiger partial charge in [-0.1, -0.05) is 91.1 Å². The summed E-state index contributed by atoms with van der Waals surface area (Å²) in [6.07, 6.45) is 3.99. The molecule has 4 aromatic rings. The summed E-state index contributed by atoms with van der Waals surface area (Å²) >= 11 is 12.8. The summed E-state index contributed by atoms with van der Waals surface area (Å²) in [5, 5.41) is 1.14. The number of hydrogen-bond acceptors (Lipinski definition) is 2. The van der Waals surface area contributed by atoms with Crippen molar-refractivity contribution in [3.8, 4) is 11.4 Å². The van der Waals surface area contributed by atoms with E-state index in [0.717, 1.165) is 48.6 Å². The summed E-state index contributed by atoms with van der Waals surface area (Å²) in [6, 6.07) is 22.8. The zero-order chi connectivity index (χ0) is 23.9. The van der Waals surface area contributed by atoms with Gasteiger partial charge in [0.2, 0.25) is 0 Å². The third kappa shape index (κ3) is 6.06. The van der Waals surface area contributed by atoms with E-state index in [2.05, 4.69) is 28.5 Å². The van der Waals surface area contributed by atoms with Crippen molar-refractivity contribution >= 4 is 23.2 Å². The van der Waals surface area contributed by atoms with Crippen LogP contribution < -0.4 is 0 Å². The van der Waals surface area contributed by atoms with E-state index in [1.54, 1.807) is 18.2 Å². The Morgan fingerprint density at radius 2 is 1.71 bits per heavy atom. The number of rotatable bonds is 10. The van der Waals surface area contributed by atoms with Crippen molar-refractivity contribution in [1.82, 2.24) is 14.5 Å². The van der Waals surface area contributed by atoms with Crippen molar-refractivity contribution in [2.24, 2.45) is 0 Å². The molecular weight excluding hydrogens is 468 g/mol. The highest BCUT2D eigenvalue weighted by atomic mass is 35.5. The molecule has 1 aromatic heterocycles. The lowest BCUT2D eigenvalue weighted by Crippen LogP contribution is -2.24. The van der Waals surface area contributed by atoms with Gasteiger partial charge in [0.05, 0.1) is 21.9 Å². The highest BCUT2D eigenvalue weighted by Crippen LogP contribution is 2.28. The van der Waals surface area contributed by atoms with Gasteiger partial charge < -0.3 is 4.57 Å². The van der Waals surface area contributed by atoms with Gasteiger partial charge in [-0.2, -0.15) is 0 Å². The molecule has 0 saturated carbocycles. The standard InChI is InChI=1S/C28H28Cl2FN3/c1-2-3-15-34-25(17-32-28(34)22-11-7-13-24(31)16-22)20-33(18-21-9-5-4-6-10-21)19-23-12-8-14-26(29)27(23)30/h4-14,16-17H,2-3,15,18-20H2,1H3. The van der Waals surface area contributed by atoms with Gasteiger partial charge in [-0.3, -0.25) is 4.90 Å². The van der Waals surface area contributed by atoms with Crippen molar-refractivity contribution in [3.05, 3.63) is 112 Å². The van der Waals surface area contributed by atoms with Crippen LogP contribution in [0.3, 0.4) is 0 Å². The van der Waals surface area contributed by atoms with Crippen LogP contribution >= 0.6 is 23.2 Å². The second-order valence-electron chi connectivity index (χ2n) is 8.43. The van der Waals surface area contributed by atoms with Gasteiger partial charge >= 0.3 is 0 Å². The molecule has 0 unspecified atom stereocenters. The number of unbranched alkanes of at least 4 members (excludes halogenated alkanes) is 1. The Labute approximate surface area is 210 Å². The number of nitrogens with zero attached hydrogens (tertiary/aromatic N) is 3. The highest BCUT2D eigenvalue weighted by molar-refractivity contribution is 6.42.